The van der Waals surface area contributed by atoms with Gasteiger partial charge in [0.15, 0.2) is 10.8 Å². The van der Waals surface area contributed by atoms with Crippen LogP contribution in [0, 0.1) is 0 Å². The molecule has 0 spiro atoms. The second-order valence-corrected chi connectivity index (χ2v) is 3.30. The second-order valence-electron chi connectivity index (χ2n) is 1.86. The van der Waals surface area contributed by atoms with Crippen molar-refractivity contribution in [3.05, 3.63) is 6.20 Å². The molecular formula is C4H4F3N3OS. The van der Waals surface area contributed by atoms with E-state index in [2.05, 4.69) is 10.2 Å². The molecule has 12 heavy (non-hydrogen) atoms. The number of nitrogens with two attached hydrogens (primary N) is 1. The van der Waals surface area contributed by atoms with E-state index >= 15 is 0 Å². The molecule has 1 unspecified atom stereocenters. The van der Waals surface area contributed by atoms with Gasteiger partial charge in [0.1, 0.15) is 10.7 Å². The lowest BCUT2D eigenvalue weighted by atomic mass is 10.7. The molecule has 1 rings (SSSR count). The molecule has 0 saturated carbocycles. The number of nitrogens with zero attached hydrogens (tertiary/aromatic N) is 1. The third-order valence-corrected chi connectivity index (χ3v) is 2.19. The molecule has 0 bridgehead atoms. The molecule has 3 N–H and O–H groups in total. The molecule has 0 amide bonds. The number of hydrogen-bond donors (Lipinski definition) is 2. The number of hydrogen-bond acceptors (Lipinski definition) is 3. The number of aromatic nitrogens is 2. The summed E-state index contributed by atoms with van der Waals surface area (Å²) in [5, 5.41) is 5.27. The zero-order valence-electron chi connectivity index (χ0n) is 5.55. The summed E-state index contributed by atoms with van der Waals surface area (Å²) in [7, 11) is -3.10. The monoisotopic (exact) mass is 199 g/mol. The minimum absolute atomic E-state index is 0.328. The van der Waals surface area contributed by atoms with Crippen molar-refractivity contribution in [3.63, 3.8) is 0 Å². The minimum Gasteiger partial charge on any atom is -0.383 e. The molecule has 1 aromatic rings. The molecule has 68 valence electrons. The Balaban J connectivity index is 3.01. The van der Waals surface area contributed by atoms with E-state index in [9.17, 15) is 17.4 Å². The van der Waals surface area contributed by atoms with Crippen LogP contribution in [-0.2, 0) is 10.8 Å². The van der Waals surface area contributed by atoms with Crippen molar-refractivity contribution in [1.29, 1.82) is 0 Å². The number of rotatable bonds is 1. The highest BCUT2D eigenvalue weighted by atomic mass is 32.2. The fourth-order valence-electron chi connectivity index (χ4n) is 0.557. The van der Waals surface area contributed by atoms with Crippen LogP contribution in [0.25, 0.3) is 0 Å². The molecule has 1 heterocycles. The Bertz CT molecular complexity index is 307. The lowest BCUT2D eigenvalue weighted by Gasteiger charge is -2.03. The van der Waals surface area contributed by atoms with Crippen LogP contribution >= 0.6 is 0 Å². The summed E-state index contributed by atoms with van der Waals surface area (Å²) in [4.78, 5) is -0.539. The summed E-state index contributed by atoms with van der Waals surface area (Å²) >= 11 is 0. The summed E-state index contributed by atoms with van der Waals surface area (Å²) in [5.41, 5.74) is 0.233. The molecule has 4 nitrogen and oxygen atoms in total. The van der Waals surface area contributed by atoms with Crippen molar-refractivity contribution in [3.8, 4) is 0 Å². The second kappa shape index (κ2) is 2.77. The Kier molecular flexibility index (Phi) is 2.09. The van der Waals surface area contributed by atoms with Crippen molar-refractivity contribution >= 4 is 16.6 Å². The Morgan fingerprint density at radius 3 is 2.50 bits per heavy atom. The van der Waals surface area contributed by atoms with Crippen molar-refractivity contribution in [1.82, 2.24) is 10.2 Å². The molecule has 1 aromatic heterocycles. The Labute approximate surface area is 67.4 Å². The summed E-state index contributed by atoms with van der Waals surface area (Å²) in [6, 6.07) is 0. The first-order chi connectivity index (χ1) is 5.43. The molecule has 0 aliphatic heterocycles. The Hall–Kier alpha value is -1.05. The maximum Gasteiger partial charge on any atom is 0.476 e. The van der Waals surface area contributed by atoms with E-state index in [-0.39, 0.29) is 5.82 Å². The number of aromatic amines is 1. The van der Waals surface area contributed by atoms with Crippen molar-refractivity contribution in [2.45, 2.75) is 10.4 Å². The van der Waals surface area contributed by atoms with Crippen LogP contribution in [0.4, 0.5) is 19.0 Å². The van der Waals surface area contributed by atoms with Crippen LogP contribution in [0.5, 0.6) is 0 Å². The fourth-order valence-corrected chi connectivity index (χ4v) is 1.20. The van der Waals surface area contributed by atoms with Gasteiger partial charge in [0.25, 0.3) is 0 Å². The van der Waals surface area contributed by atoms with Gasteiger partial charge < -0.3 is 5.73 Å². The summed E-state index contributed by atoms with van der Waals surface area (Å²) in [6.45, 7) is 0. The highest BCUT2D eigenvalue weighted by Crippen LogP contribution is 2.27. The number of H-pyrrole nitrogens is 1. The average molecular weight is 199 g/mol. The van der Waals surface area contributed by atoms with Crippen LogP contribution in [0.2, 0.25) is 0 Å². The number of anilines is 1. The molecule has 0 aliphatic carbocycles. The summed E-state index contributed by atoms with van der Waals surface area (Å²) < 4.78 is 46.0. The largest absolute Gasteiger partial charge is 0.476 e. The van der Waals surface area contributed by atoms with E-state index in [4.69, 9.17) is 5.73 Å². The van der Waals surface area contributed by atoms with E-state index in [0.717, 1.165) is 6.20 Å². The Morgan fingerprint density at radius 1 is 1.58 bits per heavy atom. The van der Waals surface area contributed by atoms with Gasteiger partial charge in [-0.05, 0) is 0 Å². The van der Waals surface area contributed by atoms with Gasteiger partial charge in [-0.25, -0.2) is 4.21 Å². The van der Waals surface area contributed by atoms with Gasteiger partial charge >= 0.3 is 5.51 Å². The van der Waals surface area contributed by atoms with E-state index in [1.807, 2.05) is 0 Å². The number of halogens is 3. The van der Waals surface area contributed by atoms with Crippen molar-refractivity contribution < 1.29 is 17.4 Å². The molecule has 0 fully saturated rings. The topological polar surface area (TPSA) is 71.8 Å². The smallest absolute Gasteiger partial charge is 0.383 e. The van der Waals surface area contributed by atoms with Gasteiger partial charge in [-0.15, -0.1) is 0 Å². The Morgan fingerprint density at radius 2 is 2.17 bits per heavy atom. The van der Waals surface area contributed by atoms with Gasteiger partial charge in [0.05, 0.1) is 6.20 Å². The predicted octanol–water partition coefficient (Wildman–Crippen LogP) is 0.619. The van der Waals surface area contributed by atoms with E-state index in [0.29, 0.717) is 0 Å². The van der Waals surface area contributed by atoms with E-state index < -0.39 is 21.2 Å². The van der Waals surface area contributed by atoms with Crippen LogP contribution in [0.3, 0.4) is 0 Å². The quantitative estimate of drug-likeness (QED) is 0.696. The maximum atomic E-state index is 11.8. The summed E-state index contributed by atoms with van der Waals surface area (Å²) in [5.74, 6) is -0.328. The number of nitrogens with one attached hydrogen (secondary N) is 1. The predicted molar refractivity (Wildman–Crippen MR) is 35.5 cm³/mol. The lowest BCUT2D eigenvalue weighted by Crippen LogP contribution is -2.16. The molecule has 8 heteroatoms. The lowest BCUT2D eigenvalue weighted by molar-refractivity contribution is -0.0384. The fraction of sp³-hybridized carbons (Fsp3) is 0.250. The molecule has 0 aliphatic rings. The third kappa shape index (κ3) is 1.58. The van der Waals surface area contributed by atoms with Crippen LogP contribution < -0.4 is 5.73 Å². The van der Waals surface area contributed by atoms with Crippen LogP contribution in [0.15, 0.2) is 11.1 Å². The first kappa shape index (κ1) is 9.04. The van der Waals surface area contributed by atoms with E-state index in [1.54, 1.807) is 0 Å². The highest BCUT2D eigenvalue weighted by molar-refractivity contribution is 7.86. The highest BCUT2D eigenvalue weighted by Gasteiger charge is 2.39. The normalized spacial score (nSPS) is 14.6. The molecule has 1 atom stereocenters. The van der Waals surface area contributed by atoms with Gasteiger partial charge in [0, 0.05) is 0 Å². The maximum absolute atomic E-state index is 11.8. The number of alkyl halides is 3. The van der Waals surface area contributed by atoms with Gasteiger partial charge in [-0.1, -0.05) is 0 Å². The summed E-state index contributed by atoms with van der Waals surface area (Å²) in [6.07, 6.45) is 0.791. The van der Waals surface area contributed by atoms with Crippen LogP contribution in [-0.4, -0.2) is 19.9 Å². The first-order valence-electron chi connectivity index (χ1n) is 2.70. The molecule has 0 saturated heterocycles. The average Bonchev–Trinajstić information content (AvgIpc) is 2.31. The molecule has 0 aromatic carbocycles. The van der Waals surface area contributed by atoms with Crippen LogP contribution in [0.1, 0.15) is 0 Å². The minimum atomic E-state index is -4.79. The van der Waals surface area contributed by atoms with Gasteiger partial charge in [0.2, 0.25) is 0 Å². The molecular weight excluding hydrogens is 195 g/mol. The molecule has 0 radical (unpaired) electrons. The van der Waals surface area contributed by atoms with Gasteiger partial charge in [-0.2, -0.15) is 18.3 Å². The zero-order chi connectivity index (χ0) is 9.35. The third-order valence-electron chi connectivity index (χ3n) is 1.04. The SMILES string of the molecule is Nc1[nH]ncc1S(=O)C(F)(F)F. The van der Waals surface area contributed by atoms with Gasteiger partial charge in [-0.3, -0.25) is 5.10 Å². The number of nitrogen functional groups attached to an aromatic ring is 1. The van der Waals surface area contributed by atoms with Crippen molar-refractivity contribution in [2.24, 2.45) is 0 Å². The standard InChI is InChI=1S/C4H4F3N3OS/c5-4(6,7)12(11)2-1-9-10-3(2)8/h1H,(H3,8,9,10). The van der Waals surface area contributed by atoms with Crippen molar-refractivity contribution in [2.75, 3.05) is 5.73 Å². The van der Waals surface area contributed by atoms with E-state index in [1.165, 1.54) is 0 Å². The zero-order valence-corrected chi connectivity index (χ0v) is 6.37. The first-order valence-corrected chi connectivity index (χ1v) is 3.85.